The van der Waals surface area contributed by atoms with Crippen LogP contribution in [0.2, 0.25) is 10.0 Å². The third kappa shape index (κ3) is 4.44. The molecule has 9 heteroatoms. The minimum absolute atomic E-state index is 0.0904. The molecule has 0 saturated heterocycles. The Morgan fingerprint density at radius 1 is 1.48 bits per heavy atom. The molecule has 0 atom stereocenters. The second-order valence-corrected chi connectivity index (χ2v) is 4.71. The van der Waals surface area contributed by atoms with E-state index in [4.69, 9.17) is 27.9 Å². The summed E-state index contributed by atoms with van der Waals surface area (Å²) < 4.78 is 5.28. The Kier molecular flexibility index (Phi) is 5.13. The molecular formula is C12H11Cl2N5O2. The predicted molar refractivity (Wildman–Crippen MR) is 78.6 cm³/mol. The van der Waals surface area contributed by atoms with Crippen LogP contribution < -0.4 is 10.1 Å². The molecule has 0 fully saturated rings. The van der Waals surface area contributed by atoms with E-state index in [1.807, 2.05) is 0 Å². The first-order valence-electron chi connectivity index (χ1n) is 5.85. The Labute approximate surface area is 130 Å². The van der Waals surface area contributed by atoms with E-state index < -0.39 is 5.91 Å². The Hall–Kier alpha value is -2.12. The van der Waals surface area contributed by atoms with Gasteiger partial charge in [0.25, 0.3) is 11.9 Å². The first kappa shape index (κ1) is 15.3. The van der Waals surface area contributed by atoms with E-state index in [1.54, 1.807) is 18.2 Å². The molecule has 0 spiro atoms. The summed E-state index contributed by atoms with van der Waals surface area (Å²) in [7, 11) is 0. The lowest BCUT2D eigenvalue weighted by Gasteiger charge is -2.07. The lowest BCUT2D eigenvalue weighted by molar-refractivity contribution is -0.118. The number of carbonyl (C=O) groups is 1. The molecule has 1 aromatic heterocycles. The van der Waals surface area contributed by atoms with Crippen molar-refractivity contribution in [2.24, 2.45) is 0 Å². The van der Waals surface area contributed by atoms with Crippen LogP contribution in [-0.2, 0) is 11.3 Å². The topological polar surface area (TPSA) is 81.9 Å². The number of hydrogen-bond donors (Lipinski definition) is 1. The molecule has 1 N–H and O–H groups in total. The number of hydrogen-bond acceptors (Lipinski definition) is 5. The third-order valence-corrected chi connectivity index (χ3v) is 2.78. The van der Waals surface area contributed by atoms with Gasteiger partial charge in [0.05, 0.1) is 11.6 Å². The van der Waals surface area contributed by atoms with Gasteiger partial charge in [0.15, 0.2) is 6.61 Å². The van der Waals surface area contributed by atoms with E-state index in [-0.39, 0.29) is 12.6 Å². The molecule has 0 bridgehead atoms. The largest absolute Gasteiger partial charge is 0.482 e. The number of carbonyl (C=O) groups excluding carboxylic acids is 1. The standard InChI is InChI=1S/C12H11Cl2N5O2/c1-2-5-19-17-12(16-18-19)15-11(20)7-21-10-4-3-8(13)6-9(10)14/h2-4,6H,1,5,7H2,(H,15,17,20). The van der Waals surface area contributed by atoms with Crippen LogP contribution in [0.4, 0.5) is 5.95 Å². The van der Waals surface area contributed by atoms with Crippen molar-refractivity contribution in [2.45, 2.75) is 6.54 Å². The molecular weight excluding hydrogens is 317 g/mol. The van der Waals surface area contributed by atoms with Crippen LogP contribution in [0.3, 0.4) is 0 Å². The van der Waals surface area contributed by atoms with Crippen LogP contribution in [-0.4, -0.2) is 32.7 Å². The van der Waals surface area contributed by atoms with Crippen LogP contribution in [0.5, 0.6) is 5.75 Å². The van der Waals surface area contributed by atoms with Gasteiger partial charge in [0.2, 0.25) is 0 Å². The lowest BCUT2D eigenvalue weighted by atomic mass is 10.3. The van der Waals surface area contributed by atoms with Gasteiger partial charge in [-0.2, -0.15) is 4.80 Å². The molecule has 2 rings (SSSR count). The summed E-state index contributed by atoms with van der Waals surface area (Å²) in [6, 6.07) is 4.72. The number of rotatable bonds is 6. The van der Waals surface area contributed by atoms with Gasteiger partial charge in [0, 0.05) is 5.02 Å². The number of benzene rings is 1. The Bertz CT molecular complexity index is 659. The van der Waals surface area contributed by atoms with Crippen LogP contribution in [0, 0.1) is 0 Å². The minimum Gasteiger partial charge on any atom is -0.482 e. The van der Waals surface area contributed by atoms with Crippen molar-refractivity contribution in [1.82, 2.24) is 20.2 Å². The molecule has 0 aliphatic rings. The Morgan fingerprint density at radius 3 is 3.00 bits per heavy atom. The first-order valence-corrected chi connectivity index (χ1v) is 6.60. The number of halogens is 2. The van der Waals surface area contributed by atoms with Crippen molar-refractivity contribution < 1.29 is 9.53 Å². The average Bonchev–Trinajstić information content (AvgIpc) is 2.85. The summed E-state index contributed by atoms with van der Waals surface area (Å²) in [5.41, 5.74) is 0. The second-order valence-electron chi connectivity index (χ2n) is 3.87. The van der Waals surface area contributed by atoms with Crippen LogP contribution in [0.15, 0.2) is 30.9 Å². The van der Waals surface area contributed by atoms with Gasteiger partial charge in [-0.15, -0.1) is 11.7 Å². The lowest BCUT2D eigenvalue weighted by Crippen LogP contribution is -2.21. The van der Waals surface area contributed by atoms with Crippen LogP contribution >= 0.6 is 23.2 Å². The zero-order chi connectivity index (χ0) is 15.2. The van der Waals surface area contributed by atoms with Gasteiger partial charge >= 0.3 is 0 Å². The zero-order valence-corrected chi connectivity index (χ0v) is 12.3. The van der Waals surface area contributed by atoms with Gasteiger partial charge in [-0.05, 0) is 23.4 Å². The fourth-order valence-corrected chi connectivity index (χ4v) is 1.85. The zero-order valence-electron chi connectivity index (χ0n) is 10.8. The molecule has 0 aliphatic carbocycles. The van der Waals surface area contributed by atoms with Crippen molar-refractivity contribution in [3.8, 4) is 5.75 Å². The van der Waals surface area contributed by atoms with E-state index in [2.05, 4.69) is 27.3 Å². The van der Waals surface area contributed by atoms with Crippen molar-refractivity contribution >= 4 is 35.1 Å². The summed E-state index contributed by atoms with van der Waals surface area (Å²) in [6.45, 7) is 3.71. The first-order chi connectivity index (χ1) is 10.1. The fraction of sp³-hybridized carbons (Fsp3) is 0.167. The molecule has 0 unspecified atom stereocenters. The summed E-state index contributed by atoms with van der Waals surface area (Å²) >= 11 is 11.7. The minimum atomic E-state index is -0.431. The quantitative estimate of drug-likeness (QED) is 0.822. The van der Waals surface area contributed by atoms with E-state index >= 15 is 0 Å². The van der Waals surface area contributed by atoms with Gasteiger partial charge in [-0.3, -0.25) is 10.1 Å². The van der Waals surface area contributed by atoms with Gasteiger partial charge in [-0.25, -0.2) is 0 Å². The second kappa shape index (κ2) is 7.05. The predicted octanol–water partition coefficient (Wildman–Crippen LogP) is 2.18. The number of nitrogens with one attached hydrogen (secondary N) is 1. The summed E-state index contributed by atoms with van der Waals surface area (Å²) in [5, 5.41) is 14.6. The van der Waals surface area contributed by atoms with E-state index in [1.165, 1.54) is 10.9 Å². The van der Waals surface area contributed by atoms with Crippen LogP contribution in [0.25, 0.3) is 0 Å². The number of aromatic nitrogens is 4. The normalized spacial score (nSPS) is 10.2. The van der Waals surface area contributed by atoms with E-state index in [0.29, 0.717) is 22.3 Å². The molecule has 1 aromatic carbocycles. The van der Waals surface area contributed by atoms with Crippen molar-refractivity contribution in [3.05, 3.63) is 40.9 Å². The number of amides is 1. The van der Waals surface area contributed by atoms with Gasteiger partial charge in [-0.1, -0.05) is 34.4 Å². The molecule has 2 aromatic rings. The Morgan fingerprint density at radius 2 is 2.29 bits per heavy atom. The van der Waals surface area contributed by atoms with Gasteiger partial charge < -0.3 is 4.74 Å². The van der Waals surface area contributed by atoms with E-state index in [9.17, 15) is 4.79 Å². The molecule has 21 heavy (non-hydrogen) atoms. The Balaban J connectivity index is 1.87. The number of allylic oxidation sites excluding steroid dienone is 1. The highest BCUT2D eigenvalue weighted by Gasteiger charge is 2.09. The highest BCUT2D eigenvalue weighted by molar-refractivity contribution is 6.35. The summed E-state index contributed by atoms with van der Waals surface area (Å²) in [5.74, 6) is 0.0197. The number of tetrazole rings is 1. The highest BCUT2D eigenvalue weighted by Crippen LogP contribution is 2.27. The van der Waals surface area contributed by atoms with Crippen molar-refractivity contribution in [2.75, 3.05) is 11.9 Å². The summed E-state index contributed by atoms with van der Waals surface area (Å²) in [4.78, 5) is 13.0. The number of ether oxygens (including phenoxy) is 1. The van der Waals surface area contributed by atoms with Crippen LogP contribution in [0.1, 0.15) is 0 Å². The third-order valence-electron chi connectivity index (χ3n) is 2.25. The fourth-order valence-electron chi connectivity index (χ4n) is 1.38. The molecule has 7 nitrogen and oxygen atoms in total. The van der Waals surface area contributed by atoms with Crippen molar-refractivity contribution in [3.63, 3.8) is 0 Å². The van der Waals surface area contributed by atoms with Gasteiger partial charge in [0.1, 0.15) is 5.75 Å². The molecule has 1 heterocycles. The maximum atomic E-state index is 11.7. The maximum absolute atomic E-state index is 11.7. The molecule has 1 amide bonds. The maximum Gasteiger partial charge on any atom is 0.270 e. The molecule has 0 radical (unpaired) electrons. The smallest absolute Gasteiger partial charge is 0.270 e. The number of nitrogens with zero attached hydrogens (tertiary/aromatic N) is 4. The SMILES string of the molecule is C=CCn1nnc(NC(=O)COc2ccc(Cl)cc2Cl)n1. The molecule has 0 saturated carbocycles. The van der Waals surface area contributed by atoms with Crippen molar-refractivity contribution in [1.29, 1.82) is 0 Å². The average molecular weight is 328 g/mol. The monoisotopic (exact) mass is 327 g/mol. The molecule has 110 valence electrons. The van der Waals surface area contributed by atoms with E-state index in [0.717, 1.165) is 0 Å². The molecule has 0 aliphatic heterocycles. The number of anilines is 1. The summed E-state index contributed by atoms with van der Waals surface area (Å²) in [6.07, 6.45) is 1.61. The highest BCUT2D eigenvalue weighted by atomic mass is 35.5.